The van der Waals surface area contributed by atoms with Gasteiger partial charge >= 0.3 is 5.69 Å². The Morgan fingerprint density at radius 1 is 1.24 bits per heavy atom. The summed E-state index contributed by atoms with van der Waals surface area (Å²) in [5.74, 6) is 0. The first-order valence-electron chi connectivity index (χ1n) is 6.97. The monoisotopic (exact) mass is 291 g/mol. The van der Waals surface area contributed by atoms with Crippen LogP contribution >= 0.6 is 0 Å². The van der Waals surface area contributed by atoms with Gasteiger partial charge in [-0.05, 0) is 45.8 Å². The minimum atomic E-state index is -0.462. The summed E-state index contributed by atoms with van der Waals surface area (Å²) >= 11 is 0. The highest BCUT2D eigenvalue weighted by Crippen LogP contribution is 2.12. The Hall–Kier alpha value is -2.15. The molecule has 0 bridgehead atoms. The van der Waals surface area contributed by atoms with Crippen LogP contribution in [-0.2, 0) is 13.0 Å². The quantitative estimate of drug-likeness (QED) is 0.720. The average molecular weight is 291 g/mol. The van der Waals surface area contributed by atoms with E-state index >= 15 is 0 Å². The number of aromatic amines is 3. The molecule has 2 rings (SSSR count). The zero-order valence-corrected chi connectivity index (χ0v) is 12.6. The second-order valence-electron chi connectivity index (χ2n) is 5.37. The number of hydrogen-bond acceptors (Lipinski definition) is 4. The first-order valence-corrected chi connectivity index (χ1v) is 6.97. The molecule has 0 aliphatic carbocycles. The summed E-state index contributed by atoms with van der Waals surface area (Å²) in [5, 5.41) is 7.17. The zero-order valence-electron chi connectivity index (χ0n) is 12.6. The largest absolute Gasteiger partial charge is 0.325 e. The zero-order chi connectivity index (χ0) is 15.4. The minimum absolute atomic E-state index is 0.369. The third kappa shape index (κ3) is 4.16. The molecule has 2 heterocycles. The van der Waals surface area contributed by atoms with Gasteiger partial charge in [0.25, 0.3) is 5.56 Å². The molecule has 2 aromatic heterocycles. The van der Waals surface area contributed by atoms with Crippen LogP contribution in [-0.4, -0.2) is 38.7 Å². The number of nitrogens with one attached hydrogen (secondary N) is 3. The van der Waals surface area contributed by atoms with Crippen LogP contribution in [0.15, 0.2) is 15.7 Å². The molecule has 0 saturated carbocycles. The van der Waals surface area contributed by atoms with Crippen molar-refractivity contribution in [1.29, 1.82) is 0 Å². The Kier molecular flexibility index (Phi) is 4.74. The van der Waals surface area contributed by atoms with E-state index in [0.29, 0.717) is 12.2 Å². The van der Waals surface area contributed by atoms with E-state index < -0.39 is 5.69 Å². The minimum Gasteiger partial charge on any atom is -0.310 e. The number of rotatable bonds is 6. The summed E-state index contributed by atoms with van der Waals surface area (Å²) in [6.07, 6.45) is 1.95. The molecule has 3 N–H and O–H groups in total. The second kappa shape index (κ2) is 6.53. The van der Waals surface area contributed by atoms with Gasteiger partial charge in [0.1, 0.15) is 0 Å². The lowest BCUT2D eigenvalue weighted by Crippen LogP contribution is -2.27. The van der Waals surface area contributed by atoms with Gasteiger partial charge in [0.2, 0.25) is 0 Å². The molecule has 0 radical (unpaired) electrons. The number of hydrogen-bond donors (Lipinski definition) is 3. The topological polar surface area (TPSA) is 97.6 Å². The summed E-state index contributed by atoms with van der Waals surface area (Å²) in [5.41, 5.74) is 3.24. The van der Waals surface area contributed by atoms with Gasteiger partial charge in [-0.2, -0.15) is 5.10 Å². The number of aromatic nitrogens is 4. The van der Waals surface area contributed by atoms with E-state index in [9.17, 15) is 9.59 Å². The second-order valence-corrected chi connectivity index (χ2v) is 5.37. The predicted molar refractivity (Wildman–Crippen MR) is 80.4 cm³/mol. The molecular weight excluding hydrogens is 270 g/mol. The summed E-state index contributed by atoms with van der Waals surface area (Å²) in [6, 6.07) is 1.42. The molecule has 21 heavy (non-hydrogen) atoms. The standard InChI is InChI=1S/C14H21N5O2/c1-9-12(10(2)18-17-9)5-4-6-19(3)8-11-7-13(20)16-14(21)15-11/h7H,4-6,8H2,1-3H3,(H,17,18)(H2,15,16,20,21). The Morgan fingerprint density at radius 2 is 2.00 bits per heavy atom. The van der Waals surface area contributed by atoms with Crippen LogP contribution in [0.1, 0.15) is 29.1 Å². The van der Waals surface area contributed by atoms with Gasteiger partial charge in [-0.3, -0.25) is 14.9 Å². The van der Waals surface area contributed by atoms with Crippen LogP contribution in [0.4, 0.5) is 0 Å². The molecule has 7 nitrogen and oxygen atoms in total. The number of H-pyrrole nitrogens is 3. The van der Waals surface area contributed by atoms with Crippen LogP contribution in [0.25, 0.3) is 0 Å². The van der Waals surface area contributed by atoms with Crippen molar-refractivity contribution in [3.8, 4) is 0 Å². The lowest BCUT2D eigenvalue weighted by Gasteiger charge is -2.16. The molecule has 0 spiro atoms. The molecule has 0 aliphatic heterocycles. The van der Waals surface area contributed by atoms with Crippen LogP contribution in [0, 0.1) is 13.8 Å². The fourth-order valence-corrected chi connectivity index (χ4v) is 2.44. The highest BCUT2D eigenvalue weighted by molar-refractivity contribution is 5.23. The van der Waals surface area contributed by atoms with E-state index in [4.69, 9.17) is 0 Å². The summed E-state index contributed by atoms with van der Waals surface area (Å²) in [7, 11) is 1.97. The normalized spacial score (nSPS) is 11.2. The Labute approximate surface area is 122 Å². The SMILES string of the molecule is Cc1n[nH]c(C)c1CCCN(C)Cc1cc(=O)[nH]c(=O)[nH]1. The maximum atomic E-state index is 11.2. The van der Waals surface area contributed by atoms with Gasteiger partial charge in [0, 0.05) is 24.0 Å². The Balaban J connectivity index is 1.86. The van der Waals surface area contributed by atoms with Crippen molar-refractivity contribution in [3.05, 3.63) is 49.5 Å². The van der Waals surface area contributed by atoms with Crippen molar-refractivity contribution in [3.63, 3.8) is 0 Å². The van der Waals surface area contributed by atoms with E-state index in [-0.39, 0.29) is 5.56 Å². The van der Waals surface area contributed by atoms with Crippen molar-refractivity contribution in [2.45, 2.75) is 33.2 Å². The first-order chi connectivity index (χ1) is 9.95. The van der Waals surface area contributed by atoms with Crippen molar-refractivity contribution in [1.82, 2.24) is 25.1 Å². The van der Waals surface area contributed by atoms with Gasteiger partial charge in [0.05, 0.1) is 5.69 Å². The summed E-state index contributed by atoms with van der Waals surface area (Å²) in [6.45, 7) is 5.45. The predicted octanol–water partition coefficient (Wildman–Crippen LogP) is 0.468. The van der Waals surface area contributed by atoms with E-state index in [1.807, 2.05) is 20.9 Å². The molecule has 0 aromatic carbocycles. The summed E-state index contributed by atoms with van der Waals surface area (Å²) in [4.78, 5) is 29.3. The van der Waals surface area contributed by atoms with Gasteiger partial charge in [-0.1, -0.05) is 0 Å². The molecule has 0 amide bonds. The van der Waals surface area contributed by atoms with Crippen LogP contribution in [0.5, 0.6) is 0 Å². The smallest absolute Gasteiger partial charge is 0.310 e. The maximum Gasteiger partial charge on any atom is 0.325 e. The molecule has 2 aromatic rings. The van der Waals surface area contributed by atoms with Crippen LogP contribution in [0.3, 0.4) is 0 Å². The Bertz CT molecular complexity index is 665. The van der Waals surface area contributed by atoms with E-state index in [0.717, 1.165) is 30.8 Å². The van der Waals surface area contributed by atoms with Crippen molar-refractivity contribution in [2.24, 2.45) is 0 Å². The maximum absolute atomic E-state index is 11.2. The lowest BCUT2D eigenvalue weighted by atomic mass is 10.1. The van der Waals surface area contributed by atoms with Crippen molar-refractivity contribution in [2.75, 3.05) is 13.6 Å². The van der Waals surface area contributed by atoms with Crippen LogP contribution in [0.2, 0.25) is 0 Å². The lowest BCUT2D eigenvalue weighted by molar-refractivity contribution is 0.317. The third-order valence-corrected chi connectivity index (χ3v) is 3.50. The van der Waals surface area contributed by atoms with E-state index in [1.54, 1.807) is 0 Å². The Morgan fingerprint density at radius 3 is 2.62 bits per heavy atom. The van der Waals surface area contributed by atoms with Gasteiger partial charge in [-0.25, -0.2) is 4.79 Å². The molecule has 114 valence electrons. The van der Waals surface area contributed by atoms with Gasteiger partial charge < -0.3 is 9.88 Å². The van der Waals surface area contributed by atoms with Crippen molar-refractivity contribution >= 4 is 0 Å². The number of nitrogens with zero attached hydrogens (tertiary/aromatic N) is 2. The molecule has 0 fully saturated rings. The van der Waals surface area contributed by atoms with E-state index in [2.05, 4.69) is 25.1 Å². The third-order valence-electron chi connectivity index (χ3n) is 3.50. The van der Waals surface area contributed by atoms with Crippen molar-refractivity contribution < 1.29 is 0 Å². The van der Waals surface area contributed by atoms with E-state index in [1.165, 1.54) is 11.6 Å². The fourth-order valence-electron chi connectivity index (χ4n) is 2.44. The average Bonchev–Trinajstić information content (AvgIpc) is 2.69. The first kappa shape index (κ1) is 15.2. The summed E-state index contributed by atoms with van der Waals surface area (Å²) < 4.78 is 0. The highest BCUT2D eigenvalue weighted by Gasteiger charge is 2.07. The van der Waals surface area contributed by atoms with Crippen LogP contribution < -0.4 is 11.2 Å². The molecule has 7 heteroatoms. The fraction of sp³-hybridized carbons (Fsp3) is 0.500. The highest BCUT2D eigenvalue weighted by atomic mass is 16.2. The molecule has 0 atom stereocenters. The molecular formula is C14H21N5O2. The van der Waals surface area contributed by atoms with Gasteiger partial charge in [-0.15, -0.1) is 0 Å². The molecule has 0 saturated heterocycles. The molecule has 0 unspecified atom stereocenters. The van der Waals surface area contributed by atoms with Gasteiger partial charge in [0.15, 0.2) is 0 Å². The molecule has 0 aliphatic rings. The number of aryl methyl sites for hydroxylation is 2.